The lowest BCUT2D eigenvalue weighted by molar-refractivity contribution is -0.138. The fourth-order valence-electron chi connectivity index (χ4n) is 5.41. The predicted octanol–water partition coefficient (Wildman–Crippen LogP) is 6.70. The molecule has 1 aromatic heterocycles. The van der Waals surface area contributed by atoms with E-state index in [1.165, 1.54) is 4.31 Å². The molecule has 3 aromatic carbocycles. The number of amides is 1. The van der Waals surface area contributed by atoms with Gasteiger partial charge in [0, 0.05) is 52.4 Å². The molecule has 2 N–H and O–H groups in total. The van der Waals surface area contributed by atoms with Crippen LogP contribution in [0.25, 0.3) is 11.3 Å². The SMILES string of the molecule is O=C(O)CCNC(=O)c1ccc(Cn2nc(-c3cc(Cl)cc(Cl)c3)cc2C2CCN(S(=O)(=O)c3ccc(C(F)(F)F)cc3)CC2)cc1. The predicted molar refractivity (Wildman–Crippen MR) is 170 cm³/mol. The Morgan fingerprint density at radius 3 is 2.13 bits per heavy atom. The number of carboxylic acids is 1. The van der Waals surface area contributed by atoms with Crippen LogP contribution in [0.5, 0.6) is 0 Å². The number of nitrogens with zero attached hydrogens (tertiary/aromatic N) is 3. The number of hydrogen-bond donors (Lipinski definition) is 2. The van der Waals surface area contributed by atoms with Gasteiger partial charge >= 0.3 is 12.1 Å². The van der Waals surface area contributed by atoms with Crippen LogP contribution in [-0.4, -0.2) is 59.1 Å². The number of sulfonamides is 1. The molecule has 0 atom stereocenters. The summed E-state index contributed by atoms with van der Waals surface area (Å²) < 4.78 is 68.6. The van der Waals surface area contributed by atoms with Gasteiger partial charge in [-0.1, -0.05) is 35.3 Å². The van der Waals surface area contributed by atoms with Gasteiger partial charge < -0.3 is 10.4 Å². The summed E-state index contributed by atoms with van der Waals surface area (Å²) in [6, 6.07) is 17.3. The molecule has 2 heterocycles. The molecule has 47 heavy (non-hydrogen) atoms. The van der Waals surface area contributed by atoms with Crippen LogP contribution in [-0.2, 0) is 27.5 Å². The maximum Gasteiger partial charge on any atom is 0.416 e. The zero-order valence-corrected chi connectivity index (χ0v) is 27.0. The maximum absolute atomic E-state index is 13.3. The minimum absolute atomic E-state index is 0.00726. The third kappa shape index (κ3) is 8.33. The molecule has 1 fully saturated rings. The van der Waals surface area contributed by atoms with Crippen LogP contribution in [0.4, 0.5) is 13.2 Å². The van der Waals surface area contributed by atoms with Crippen molar-refractivity contribution >= 4 is 45.1 Å². The lowest BCUT2D eigenvalue weighted by Crippen LogP contribution is -2.38. The van der Waals surface area contributed by atoms with Gasteiger partial charge in [0.2, 0.25) is 10.0 Å². The first-order valence-corrected chi connectivity index (χ1v) is 16.7. The molecule has 15 heteroatoms. The number of rotatable bonds is 10. The normalized spacial score (nSPS) is 14.7. The molecule has 9 nitrogen and oxygen atoms in total. The van der Waals surface area contributed by atoms with Gasteiger partial charge in [0.1, 0.15) is 0 Å². The number of piperidine rings is 1. The number of carbonyl (C=O) groups excluding carboxylic acids is 1. The summed E-state index contributed by atoms with van der Waals surface area (Å²) >= 11 is 12.5. The number of halogens is 5. The van der Waals surface area contributed by atoms with E-state index in [9.17, 15) is 31.2 Å². The molecular formula is C32H29Cl2F3N4O5S. The Kier molecular flexibility index (Phi) is 10.3. The molecule has 0 unspecified atom stereocenters. The van der Waals surface area contributed by atoms with Gasteiger partial charge in [0.05, 0.1) is 29.1 Å². The van der Waals surface area contributed by atoms with Crippen molar-refractivity contribution < 1.29 is 36.3 Å². The van der Waals surface area contributed by atoms with E-state index in [0.29, 0.717) is 46.3 Å². The minimum atomic E-state index is -4.57. The molecule has 1 aliphatic heterocycles. The maximum atomic E-state index is 13.3. The number of benzene rings is 3. The van der Waals surface area contributed by atoms with E-state index < -0.39 is 33.6 Å². The fourth-order valence-corrected chi connectivity index (χ4v) is 7.40. The Hall–Kier alpha value is -3.91. The second-order valence-electron chi connectivity index (χ2n) is 11.1. The third-order valence-electron chi connectivity index (χ3n) is 7.83. The number of aliphatic carboxylic acids is 1. The Morgan fingerprint density at radius 1 is 0.936 bits per heavy atom. The number of carbonyl (C=O) groups is 2. The average Bonchev–Trinajstić information content (AvgIpc) is 3.44. The highest BCUT2D eigenvalue weighted by Crippen LogP contribution is 2.35. The lowest BCUT2D eigenvalue weighted by atomic mass is 9.93. The molecule has 4 aromatic rings. The number of carboxylic acid groups (broad SMARTS) is 1. The molecule has 5 rings (SSSR count). The van der Waals surface area contributed by atoms with Gasteiger partial charge in [0.25, 0.3) is 5.91 Å². The summed E-state index contributed by atoms with van der Waals surface area (Å²) in [5.41, 5.74) is 2.43. The van der Waals surface area contributed by atoms with Crippen molar-refractivity contribution in [3.05, 3.63) is 105 Å². The molecule has 1 amide bonds. The van der Waals surface area contributed by atoms with E-state index in [1.54, 1.807) is 42.5 Å². The monoisotopic (exact) mass is 708 g/mol. The fraction of sp³-hybridized carbons (Fsp3) is 0.281. The first-order chi connectivity index (χ1) is 22.2. The quantitative estimate of drug-likeness (QED) is 0.189. The molecule has 1 aliphatic rings. The van der Waals surface area contributed by atoms with Gasteiger partial charge in [-0.05, 0) is 79.1 Å². The van der Waals surface area contributed by atoms with Crippen LogP contribution in [0.2, 0.25) is 10.0 Å². The highest BCUT2D eigenvalue weighted by atomic mass is 35.5. The highest BCUT2D eigenvalue weighted by molar-refractivity contribution is 7.89. The van der Waals surface area contributed by atoms with Gasteiger partial charge in [-0.25, -0.2) is 8.42 Å². The van der Waals surface area contributed by atoms with Crippen molar-refractivity contribution in [2.45, 2.75) is 42.8 Å². The van der Waals surface area contributed by atoms with E-state index in [4.69, 9.17) is 33.4 Å². The highest BCUT2D eigenvalue weighted by Gasteiger charge is 2.34. The van der Waals surface area contributed by atoms with Crippen molar-refractivity contribution in [1.82, 2.24) is 19.4 Å². The summed E-state index contributed by atoms with van der Waals surface area (Å²) in [7, 11) is -4.00. The molecule has 0 bridgehead atoms. The van der Waals surface area contributed by atoms with E-state index >= 15 is 0 Å². The van der Waals surface area contributed by atoms with Crippen LogP contribution in [0, 0.1) is 0 Å². The molecule has 248 valence electrons. The van der Waals surface area contributed by atoms with E-state index in [0.717, 1.165) is 35.5 Å². The van der Waals surface area contributed by atoms with Crippen LogP contribution in [0.15, 0.2) is 77.7 Å². The number of aromatic nitrogens is 2. The number of hydrogen-bond acceptors (Lipinski definition) is 5. The third-order valence-corrected chi connectivity index (χ3v) is 10.2. The summed E-state index contributed by atoms with van der Waals surface area (Å²) in [5.74, 6) is -1.50. The molecule has 1 saturated heterocycles. The van der Waals surface area contributed by atoms with Gasteiger partial charge in [0.15, 0.2) is 0 Å². The van der Waals surface area contributed by atoms with Gasteiger partial charge in [-0.3, -0.25) is 14.3 Å². The number of nitrogens with one attached hydrogen (secondary N) is 1. The zero-order valence-electron chi connectivity index (χ0n) is 24.7. The van der Waals surface area contributed by atoms with Crippen LogP contribution in [0.1, 0.15) is 52.4 Å². The van der Waals surface area contributed by atoms with E-state index in [1.807, 2.05) is 10.7 Å². The molecule has 0 saturated carbocycles. The lowest BCUT2D eigenvalue weighted by Gasteiger charge is -2.31. The minimum Gasteiger partial charge on any atom is -0.481 e. The van der Waals surface area contributed by atoms with Crippen molar-refractivity contribution in [3.63, 3.8) is 0 Å². The summed E-state index contributed by atoms with van der Waals surface area (Å²) in [5, 5.41) is 17.0. The van der Waals surface area contributed by atoms with Crippen LogP contribution >= 0.6 is 23.2 Å². The summed E-state index contributed by atoms with van der Waals surface area (Å²) in [6.07, 6.45) is -3.88. The second kappa shape index (κ2) is 14.1. The number of alkyl halides is 3. The molecule has 0 spiro atoms. The van der Waals surface area contributed by atoms with Crippen molar-refractivity contribution in [1.29, 1.82) is 0 Å². The van der Waals surface area contributed by atoms with E-state index in [2.05, 4.69) is 5.32 Å². The Bertz CT molecular complexity index is 1850. The van der Waals surface area contributed by atoms with Gasteiger partial charge in [-0.15, -0.1) is 0 Å². The second-order valence-corrected chi connectivity index (χ2v) is 13.9. The van der Waals surface area contributed by atoms with Crippen LogP contribution < -0.4 is 5.32 Å². The largest absolute Gasteiger partial charge is 0.481 e. The first kappa shape index (κ1) is 34.4. The Morgan fingerprint density at radius 2 is 1.55 bits per heavy atom. The zero-order chi connectivity index (χ0) is 33.9. The van der Waals surface area contributed by atoms with Crippen molar-refractivity contribution in [2.24, 2.45) is 0 Å². The smallest absolute Gasteiger partial charge is 0.416 e. The molecular weight excluding hydrogens is 680 g/mol. The topological polar surface area (TPSA) is 122 Å². The van der Waals surface area contributed by atoms with Crippen molar-refractivity contribution in [3.8, 4) is 11.3 Å². The Labute approximate surface area is 279 Å². The summed E-state index contributed by atoms with van der Waals surface area (Å²) in [6.45, 7) is 0.647. The van der Waals surface area contributed by atoms with Gasteiger partial charge in [-0.2, -0.15) is 22.6 Å². The molecule has 0 aliphatic carbocycles. The summed E-state index contributed by atoms with van der Waals surface area (Å²) in [4.78, 5) is 22.9. The van der Waals surface area contributed by atoms with Crippen LogP contribution in [0.3, 0.4) is 0 Å². The average molecular weight is 710 g/mol. The first-order valence-electron chi connectivity index (χ1n) is 14.5. The van der Waals surface area contributed by atoms with Crippen molar-refractivity contribution in [2.75, 3.05) is 19.6 Å². The molecule has 0 radical (unpaired) electrons. The Balaban J connectivity index is 1.36. The standard InChI is InChI=1S/C32H29Cl2F3N4O5S/c33-25-15-23(16-26(34)17-25)28-18-29(41(39-28)19-20-1-3-22(4-2-20)31(44)38-12-9-30(42)43)21-10-13-40(14-11-21)47(45,46)27-7-5-24(6-8-27)32(35,36)37/h1-8,15-18,21H,9-14,19H2,(H,38,44)(H,42,43). The van der Waals surface area contributed by atoms with E-state index in [-0.39, 0.29) is 36.9 Å².